The molecular formula is C19H11BrClF3N4O3. The summed E-state index contributed by atoms with van der Waals surface area (Å²) in [5.74, 6) is -0.716. The average molecular weight is 516 g/mol. The van der Waals surface area contributed by atoms with E-state index in [0.29, 0.717) is 9.15 Å². The third-order valence-corrected chi connectivity index (χ3v) is 4.99. The second-order valence-electron chi connectivity index (χ2n) is 6.03. The van der Waals surface area contributed by atoms with E-state index in [0.717, 1.165) is 24.4 Å². The summed E-state index contributed by atoms with van der Waals surface area (Å²) in [5.41, 5.74) is -2.13. The van der Waals surface area contributed by atoms with Crippen LogP contribution in [0.3, 0.4) is 0 Å². The van der Waals surface area contributed by atoms with Crippen molar-refractivity contribution in [1.29, 1.82) is 0 Å². The number of amides is 3. The molecule has 7 nitrogen and oxygen atoms in total. The van der Waals surface area contributed by atoms with Crippen molar-refractivity contribution >= 4 is 45.2 Å². The van der Waals surface area contributed by atoms with Crippen molar-refractivity contribution in [3.63, 3.8) is 0 Å². The van der Waals surface area contributed by atoms with Crippen molar-refractivity contribution in [2.24, 2.45) is 0 Å². The first kappa shape index (κ1) is 22.5. The van der Waals surface area contributed by atoms with E-state index in [2.05, 4.69) is 31.7 Å². The molecule has 160 valence electrons. The number of urea groups is 1. The van der Waals surface area contributed by atoms with Gasteiger partial charge < -0.3 is 5.32 Å². The molecule has 0 fully saturated rings. The van der Waals surface area contributed by atoms with Gasteiger partial charge in [0, 0.05) is 4.47 Å². The Morgan fingerprint density at radius 1 is 1.10 bits per heavy atom. The molecule has 0 saturated heterocycles. The van der Waals surface area contributed by atoms with E-state index < -0.39 is 34.3 Å². The number of halogens is 5. The van der Waals surface area contributed by atoms with Crippen LogP contribution in [0.5, 0.6) is 0 Å². The lowest BCUT2D eigenvalue weighted by molar-refractivity contribution is -0.137. The molecule has 0 bridgehead atoms. The quantitative estimate of drug-likeness (QED) is 0.532. The van der Waals surface area contributed by atoms with Crippen LogP contribution in [0.15, 0.2) is 64.0 Å². The smallest absolute Gasteiger partial charge is 0.305 e. The molecule has 31 heavy (non-hydrogen) atoms. The standard InChI is InChI=1S/C19H11BrClF3N4O3/c20-13-7-2-1-6-12(13)16(29)27-18(31)26-14-9-25-28(17(30)15(14)21)11-5-3-4-10(8-11)19(22,23)24/h1-9H,(H2,26,27,29,31). The van der Waals surface area contributed by atoms with Gasteiger partial charge >= 0.3 is 12.2 Å². The lowest BCUT2D eigenvalue weighted by atomic mass is 10.2. The molecule has 12 heteroatoms. The Morgan fingerprint density at radius 3 is 2.48 bits per heavy atom. The minimum atomic E-state index is -4.61. The number of hydrogen-bond acceptors (Lipinski definition) is 4. The average Bonchev–Trinajstić information content (AvgIpc) is 2.71. The largest absolute Gasteiger partial charge is 0.416 e. The highest BCUT2D eigenvalue weighted by Crippen LogP contribution is 2.30. The highest BCUT2D eigenvalue weighted by molar-refractivity contribution is 9.10. The van der Waals surface area contributed by atoms with Gasteiger partial charge in [0.05, 0.1) is 28.7 Å². The summed E-state index contributed by atoms with van der Waals surface area (Å²) in [5, 5.41) is 7.53. The van der Waals surface area contributed by atoms with Crippen LogP contribution in [0.2, 0.25) is 5.02 Å². The Labute approximate surface area is 186 Å². The number of nitrogens with zero attached hydrogens (tertiary/aromatic N) is 2. The highest BCUT2D eigenvalue weighted by atomic mass is 79.9. The topological polar surface area (TPSA) is 93.1 Å². The summed E-state index contributed by atoms with van der Waals surface area (Å²) < 4.78 is 39.8. The van der Waals surface area contributed by atoms with E-state index >= 15 is 0 Å². The number of rotatable bonds is 3. The summed E-state index contributed by atoms with van der Waals surface area (Å²) in [6.07, 6.45) is -3.63. The molecule has 3 amide bonds. The first-order valence-electron chi connectivity index (χ1n) is 8.40. The summed E-state index contributed by atoms with van der Waals surface area (Å²) >= 11 is 9.15. The summed E-state index contributed by atoms with van der Waals surface area (Å²) in [7, 11) is 0. The van der Waals surface area contributed by atoms with Gasteiger partial charge in [0.15, 0.2) is 0 Å². The van der Waals surface area contributed by atoms with Crippen LogP contribution >= 0.6 is 27.5 Å². The molecule has 2 aromatic carbocycles. The van der Waals surface area contributed by atoms with Gasteiger partial charge in [-0.2, -0.15) is 23.0 Å². The van der Waals surface area contributed by atoms with E-state index in [1.165, 1.54) is 12.1 Å². The Morgan fingerprint density at radius 2 is 1.81 bits per heavy atom. The molecule has 2 N–H and O–H groups in total. The van der Waals surface area contributed by atoms with Crippen molar-refractivity contribution in [3.8, 4) is 5.69 Å². The second-order valence-corrected chi connectivity index (χ2v) is 7.26. The van der Waals surface area contributed by atoms with Crippen LogP contribution < -0.4 is 16.2 Å². The van der Waals surface area contributed by atoms with Crippen molar-refractivity contribution in [2.45, 2.75) is 6.18 Å². The van der Waals surface area contributed by atoms with Gasteiger partial charge in [0.2, 0.25) is 0 Å². The molecule has 1 aromatic heterocycles. The maximum atomic E-state index is 12.9. The van der Waals surface area contributed by atoms with Gasteiger partial charge in [-0.05, 0) is 46.3 Å². The zero-order chi connectivity index (χ0) is 22.8. The lowest BCUT2D eigenvalue weighted by Gasteiger charge is -2.12. The third-order valence-electron chi connectivity index (χ3n) is 3.93. The number of anilines is 1. The van der Waals surface area contributed by atoms with Crippen molar-refractivity contribution < 1.29 is 22.8 Å². The van der Waals surface area contributed by atoms with Crippen molar-refractivity contribution in [2.75, 3.05) is 5.32 Å². The molecule has 0 aliphatic rings. The third kappa shape index (κ3) is 5.12. The molecule has 0 radical (unpaired) electrons. The predicted molar refractivity (Wildman–Crippen MR) is 110 cm³/mol. The van der Waals surface area contributed by atoms with Gasteiger partial charge in [-0.25, -0.2) is 4.79 Å². The molecule has 1 heterocycles. The SMILES string of the molecule is O=C(NC(=O)c1ccccc1Br)Nc1cnn(-c2cccc(C(F)(F)F)c2)c(=O)c1Cl. The van der Waals surface area contributed by atoms with Crippen molar-refractivity contribution in [1.82, 2.24) is 15.1 Å². The predicted octanol–water partition coefficient (Wildman–Crippen LogP) is 4.63. The number of benzene rings is 2. The highest BCUT2D eigenvalue weighted by Gasteiger charge is 2.30. The number of carbonyl (C=O) groups excluding carboxylic acids is 2. The van der Waals surface area contributed by atoms with E-state index in [9.17, 15) is 27.6 Å². The molecule has 3 aromatic rings. The van der Waals surface area contributed by atoms with Crippen LogP contribution in [0.1, 0.15) is 15.9 Å². The summed E-state index contributed by atoms with van der Waals surface area (Å²) in [6.45, 7) is 0. The van der Waals surface area contributed by atoms with Gasteiger partial charge in [0.25, 0.3) is 11.5 Å². The lowest BCUT2D eigenvalue weighted by Crippen LogP contribution is -2.35. The van der Waals surface area contributed by atoms with Gasteiger partial charge in [-0.15, -0.1) is 0 Å². The number of imide groups is 1. The first-order valence-corrected chi connectivity index (χ1v) is 9.57. The Bertz CT molecular complexity index is 1230. The first-order chi connectivity index (χ1) is 14.6. The molecule has 0 aliphatic carbocycles. The van der Waals surface area contributed by atoms with Gasteiger partial charge in [-0.1, -0.05) is 29.8 Å². The Balaban J connectivity index is 1.81. The van der Waals surface area contributed by atoms with Crippen LogP contribution in [0.25, 0.3) is 5.69 Å². The number of hydrogen-bond donors (Lipinski definition) is 2. The normalized spacial score (nSPS) is 11.1. The molecule has 0 saturated carbocycles. The molecular weight excluding hydrogens is 505 g/mol. The Kier molecular flexibility index (Phi) is 6.46. The van der Waals surface area contributed by atoms with Crippen molar-refractivity contribution in [3.05, 3.63) is 85.7 Å². The summed E-state index contributed by atoms with van der Waals surface area (Å²) in [6, 6.07) is 9.35. The van der Waals surface area contributed by atoms with E-state index in [1.54, 1.807) is 18.2 Å². The molecule has 0 aliphatic heterocycles. The maximum Gasteiger partial charge on any atom is 0.416 e. The fourth-order valence-corrected chi connectivity index (χ4v) is 3.13. The maximum absolute atomic E-state index is 12.9. The van der Waals surface area contributed by atoms with Crippen LogP contribution in [0, 0.1) is 0 Å². The van der Waals surface area contributed by atoms with Gasteiger partial charge in [-0.3, -0.25) is 14.9 Å². The second kappa shape index (κ2) is 8.90. The van der Waals surface area contributed by atoms with Gasteiger partial charge in [0.1, 0.15) is 5.02 Å². The molecule has 0 spiro atoms. The van der Waals surface area contributed by atoms with E-state index in [4.69, 9.17) is 11.6 Å². The minimum absolute atomic E-state index is 0.165. The van der Waals surface area contributed by atoms with Crippen LogP contribution in [-0.4, -0.2) is 21.7 Å². The zero-order valence-corrected chi connectivity index (χ0v) is 17.5. The molecule has 0 atom stereocenters. The van der Waals surface area contributed by atoms with E-state index in [1.807, 2.05) is 0 Å². The number of nitrogens with one attached hydrogen (secondary N) is 2. The number of carbonyl (C=O) groups is 2. The fourth-order valence-electron chi connectivity index (χ4n) is 2.49. The molecule has 3 rings (SSSR count). The van der Waals surface area contributed by atoms with E-state index in [-0.39, 0.29) is 16.9 Å². The molecule has 0 unspecified atom stereocenters. The van der Waals surface area contributed by atoms with Crippen LogP contribution in [0.4, 0.5) is 23.7 Å². The Hall–Kier alpha value is -3.18. The number of aromatic nitrogens is 2. The minimum Gasteiger partial charge on any atom is -0.305 e. The zero-order valence-electron chi connectivity index (χ0n) is 15.2. The fraction of sp³-hybridized carbons (Fsp3) is 0.0526. The van der Waals surface area contributed by atoms with Crippen LogP contribution in [-0.2, 0) is 6.18 Å². The monoisotopic (exact) mass is 514 g/mol. The number of alkyl halides is 3. The summed E-state index contributed by atoms with van der Waals surface area (Å²) in [4.78, 5) is 36.7.